The molecule has 1 saturated heterocycles. The maximum Gasteiger partial charge on any atom is 0.335 e. The fourth-order valence-electron chi connectivity index (χ4n) is 3.25. The van der Waals surface area contributed by atoms with Crippen molar-refractivity contribution >= 4 is 27.6 Å². The molecule has 1 saturated carbocycles. The molecule has 8 nitrogen and oxygen atoms in total. The number of nitrogens with zero attached hydrogens (tertiary/aromatic N) is 3. The van der Waals surface area contributed by atoms with E-state index in [0.717, 1.165) is 13.0 Å². The van der Waals surface area contributed by atoms with E-state index in [-0.39, 0.29) is 17.1 Å². The minimum Gasteiger partial charge on any atom is -0.478 e. The van der Waals surface area contributed by atoms with Crippen LogP contribution in [0.2, 0.25) is 0 Å². The highest BCUT2D eigenvalue weighted by Gasteiger charge is 2.35. The lowest BCUT2D eigenvalue weighted by atomic mass is 10.2. The third-order valence-electron chi connectivity index (χ3n) is 5.02. The van der Waals surface area contributed by atoms with Crippen LogP contribution < -0.4 is 9.21 Å². The van der Waals surface area contributed by atoms with E-state index in [1.54, 1.807) is 7.11 Å². The Bertz CT molecular complexity index is 783. The van der Waals surface area contributed by atoms with Crippen LogP contribution in [0.1, 0.15) is 30.1 Å². The summed E-state index contributed by atoms with van der Waals surface area (Å²) < 4.78 is 30.9. The van der Waals surface area contributed by atoms with E-state index in [2.05, 4.69) is 11.9 Å². The first-order chi connectivity index (χ1) is 12.3. The summed E-state index contributed by atoms with van der Waals surface area (Å²) in [6.07, 6.45) is 1.65. The molecule has 9 heteroatoms. The van der Waals surface area contributed by atoms with Crippen LogP contribution in [-0.2, 0) is 14.8 Å². The van der Waals surface area contributed by atoms with E-state index in [4.69, 9.17) is 4.74 Å². The SMILES string of the molecule is COCCN(CC1CC1C)c1cc(C(=O)O)cc(N2CCCS2(=O)=O)n1. The number of hydrogen-bond donors (Lipinski definition) is 1. The summed E-state index contributed by atoms with van der Waals surface area (Å²) in [4.78, 5) is 18.1. The fourth-order valence-corrected chi connectivity index (χ4v) is 4.75. The van der Waals surface area contributed by atoms with Crippen LogP contribution in [0.15, 0.2) is 12.1 Å². The molecule has 0 bridgehead atoms. The number of anilines is 2. The Morgan fingerprint density at radius 3 is 2.73 bits per heavy atom. The van der Waals surface area contributed by atoms with Gasteiger partial charge in [-0.05, 0) is 36.8 Å². The third-order valence-corrected chi connectivity index (χ3v) is 6.87. The lowest BCUT2D eigenvalue weighted by molar-refractivity contribution is 0.0696. The van der Waals surface area contributed by atoms with Gasteiger partial charge in [0.05, 0.1) is 17.9 Å². The van der Waals surface area contributed by atoms with Gasteiger partial charge >= 0.3 is 5.97 Å². The second-order valence-electron chi connectivity index (χ2n) is 7.03. The van der Waals surface area contributed by atoms with Crippen molar-refractivity contribution < 1.29 is 23.1 Å². The largest absolute Gasteiger partial charge is 0.478 e. The maximum atomic E-state index is 12.2. The number of carboxylic acid groups (broad SMARTS) is 1. The lowest BCUT2D eigenvalue weighted by Gasteiger charge is -2.26. The van der Waals surface area contributed by atoms with Crippen LogP contribution in [0.3, 0.4) is 0 Å². The van der Waals surface area contributed by atoms with Gasteiger partial charge in [0.15, 0.2) is 0 Å². The fraction of sp³-hybridized carbons (Fsp3) is 0.647. The smallest absolute Gasteiger partial charge is 0.335 e. The monoisotopic (exact) mass is 383 g/mol. The van der Waals surface area contributed by atoms with Crippen LogP contribution >= 0.6 is 0 Å². The quantitative estimate of drug-likeness (QED) is 0.725. The predicted octanol–water partition coefficient (Wildman–Crippen LogP) is 1.43. The number of aromatic carboxylic acids is 1. The highest BCUT2D eigenvalue weighted by atomic mass is 32.2. The molecule has 0 amide bonds. The van der Waals surface area contributed by atoms with Gasteiger partial charge in [0.1, 0.15) is 11.6 Å². The molecule has 26 heavy (non-hydrogen) atoms. The van der Waals surface area contributed by atoms with Crippen LogP contribution in [-0.4, -0.2) is 63.6 Å². The first-order valence-corrected chi connectivity index (χ1v) is 10.4. The number of pyridine rings is 1. The Morgan fingerprint density at radius 1 is 1.46 bits per heavy atom. The summed E-state index contributed by atoms with van der Waals surface area (Å²) >= 11 is 0. The van der Waals surface area contributed by atoms with Gasteiger partial charge in [-0.1, -0.05) is 6.92 Å². The topological polar surface area (TPSA) is 100 Å². The normalized spacial score (nSPS) is 23.8. The zero-order valence-electron chi connectivity index (χ0n) is 15.1. The molecule has 0 spiro atoms. The van der Waals surface area contributed by atoms with Gasteiger partial charge in [0, 0.05) is 26.7 Å². The molecule has 2 heterocycles. The Balaban J connectivity index is 1.96. The highest BCUT2D eigenvalue weighted by Crippen LogP contribution is 2.39. The van der Waals surface area contributed by atoms with Crippen molar-refractivity contribution in [2.45, 2.75) is 19.8 Å². The summed E-state index contributed by atoms with van der Waals surface area (Å²) in [5.74, 6) is 0.816. The zero-order chi connectivity index (χ0) is 18.9. The number of ether oxygens (including phenoxy) is 1. The predicted molar refractivity (Wildman–Crippen MR) is 98.3 cm³/mol. The van der Waals surface area contributed by atoms with Gasteiger partial charge < -0.3 is 14.7 Å². The molecule has 3 rings (SSSR count). The van der Waals surface area contributed by atoms with Crippen LogP contribution in [0, 0.1) is 11.8 Å². The average Bonchev–Trinajstić information content (AvgIpc) is 3.16. The Morgan fingerprint density at radius 2 is 2.19 bits per heavy atom. The van der Waals surface area contributed by atoms with Crippen LogP contribution in [0.25, 0.3) is 0 Å². The first kappa shape index (κ1) is 18.9. The summed E-state index contributed by atoms with van der Waals surface area (Å²) in [6, 6.07) is 2.85. The lowest BCUT2D eigenvalue weighted by Crippen LogP contribution is -2.32. The minimum absolute atomic E-state index is 0.0402. The van der Waals surface area contributed by atoms with Crippen molar-refractivity contribution in [2.24, 2.45) is 11.8 Å². The number of rotatable bonds is 8. The van der Waals surface area contributed by atoms with Crippen LogP contribution in [0.4, 0.5) is 11.6 Å². The van der Waals surface area contributed by atoms with Crippen molar-refractivity contribution in [3.05, 3.63) is 17.7 Å². The molecular formula is C17H25N3O5S. The molecule has 1 aromatic rings. The first-order valence-electron chi connectivity index (χ1n) is 8.81. The molecule has 0 aromatic carbocycles. The zero-order valence-corrected chi connectivity index (χ0v) is 15.9. The van der Waals surface area contributed by atoms with Gasteiger partial charge in [-0.2, -0.15) is 0 Å². The van der Waals surface area contributed by atoms with E-state index >= 15 is 0 Å². The Kier molecular flexibility index (Phi) is 5.38. The summed E-state index contributed by atoms with van der Waals surface area (Å²) in [5.41, 5.74) is 0.0402. The van der Waals surface area contributed by atoms with Gasteiger partial charge in [0.2, 0.25) is 10.0 Å². The number of hydrogen-bond acceptors (Lipinski definition) is 6. The number of carboxylic acids is 1. The second-order valence-corrected chi connectivity index (χ2v) is 9.04. The van der Waals surface area contributed by atoms with Gasteiger partial charge in [-0.15, -0.1) is 0 Å². The van der Waals surface area contributed by atoms with E-state index in [9.17, 15) is 18.3 Å². The molecule has 1 N–H and O–H groups in total. The minimum atomic E-state index is -3.43. The third kappa shape index (κ3) is 4.09. The van der Waals surface area contributed by atoms with E-state index in [1.165, 1.54) is 16.4 Å². The van der Waals surface area contributed by atoms with Crippen molar-refractivity contribution in [1.29, 1.82) is 0 Å². The van der Waals surface area contributed by atoms with Crippen molar-refractivity contribution in [3.63, 3.8) is 0 Å². The summed E-state index contributed by atoms with van der Waals surface area (Å²) in [6.45, 7) is 4.32. The number of aromatic nitrogens is 1. The molecule has 2 atom stereocenters. The maximum absolute atomic E-state index is 12.2. The van der Waals surface area contributed by atoms with E-state index in [1.807, 2.05) is 4.90 Å². The second kappa shape index (κ2) is 7.40. The standard InChI is InChI=1S/C17H25N3O5S/c1-12-8-14(12)11-19(5-6-25-2)15-9-13(17(21)22)10-16(18-15)20-4-3-7-26(20,23)24/h9-10,12,14H,3-8,11H2,1-2H3,(H,21,22). The molecule has 1 aromatic heterocycles. The van der Waals surface area contributed by atoms with Gasteiger partial charge in [-0.25, -0.2) is 18.2 Å². The number of sulfonamides is 1. The Labute approximate surface area is 153 Å². The van der Waals surface area contributed by atoms with Gasteiger partial charge in [0.25, 0.3) is 0 Å². The molecule has 2 unspecified atom stereocenters. The average molecular weight is 383 g/mol. The number of methoxy groups -OCH3 is 1. The highest BCUT2D eigenvalue weighted by molar-refractivity contribution is 7.93. The van der Waals surface area contributed by atoms with Crippen LogP contribution in [0.5, 0.6) is 0 Å². The molecule has 1 aliphatic carbocycles. The molecular weight excluding hydrogens is 358 g/mol. The van der Waals surface area contributed by atoms with Gasteiger partial charge in [-0.3, -0.25) is 4.31 Å². The van der Waals surface area contributed by atoms with Crippen molar-refractivity contribution in [2.75, 3.05) is 48.3 Å². The molecule has 144 valence electrons. The van der Waals surface area contributed by atoms with E-state index < -0.39 is 16.0 Å². The summed E-state index contributed by atoms with van der Waals surface area (Å²) in [5, 5.41) is 9.46. The molecule has 1 aliphatic heterocycles. The molecule has 0 radical (unpaired) electrons. The summed E-state index contributed by atoms with van der Waals surface area (Å²) in [7, 11) is -1.81. The van der Waals surface area contributed by atoms with Crippen molar-refractivity contribution in [3.8, 4) is 0 Å². The molecule has 2 fully saturated rings. The Hall–Kier alpha value is -1.87. The number of carbonyl (C=O) groups is 1. The van der Waals surface area contributed by atoms with Crippen molar-refractivity contribution in [1.82, 2.24) is 4.98 Å². The molecule has 2 aliphatic rings. The van der Waals surface area contributed by atoms with E-state index in [0.29, 0.717) is 43.8 Å².